The zero-order valence-corrected chi connectivity index (χ0v) is 10.4. The van der Waals surface area contributed by atoms with Crippen LogP contribution in [0.1, 0.15) is 18.9 Å². The SMILES string of the molecule is C=C(CC)COc1ccc(CO)cc1Br. The molecule has 0 aliphatic rings. The van der Waals surface area contributed by atoms with Gasteiger partial charge in [0.15, 0.2) is 0 Å². The lowest BCUT2D eigenvalue weighted by molar-refractivity contribution is 0.281. The average molecular weight is 271 g/mol. The molecule has 0 unspecified atom stereocenters. The molecule has 3 heteroatoms. The molecule has 1 N–H and O–H groups in total. The Balaban J connectivity index is 2.66. The normalized spacial score (nSPS) is 10.1. The highest BCUT2D eigenvalue weighted by molar-refractivity contribution is 9.10. The molecule has 0 radical (unpaired) electrons. The van der Waals surface area contributed by atoms with Crippen molar-refractivity contribution >= 4 is 15.9 Å². The van der Waals surface area contributed by atoms with Crippen LogP contribution >= 0.6 is 15.9 Å². The molecule has 1 aromatic carbocycles. The van der Waals surface area contributed by atoms with Gasteiger partial charge in [-0.2, -0.15) is 0 Å². The van der Waals surface area contributed by atoms with Crippen molar-refractivity contribution in [2.45, 2.75) is 20.0 Å². The van der Waals surface area contributed by atoms with Gasteiger partial charge in [-0.05, 0) is 45.6 Å². The van der Waals surface area contributed by atoms with Crippen molar-refractivity contribution in [3.63, 3.8) is 0 Å². The minimum absolute atomic E-state index is 0.0422. The molecule has 0 saturated heterocycles. The molecule has 0 spiro atoms. The van der Waals surface area contributed by atoms with Crippen molar-refractivity contribution in [3.05, 3.63) is 40.4 Å². The number of halogens is 1. The summed E-state index contributed by atoms with van der Waals surface area (Å²) < 4.78 is 6.42. The highest BCUT2D eigenvalue weighted by Crippen LogP contribution is 2.26. The van der Waals surface area contributed by atoms with Gasteiger partial charge in [0, 0.05) is 0 Å². The van der Waals surface area contributed by atoms with Crippen LogP contribution in [0.15, 0.2) is 34.8 Å². The van der Waals surface area contributed by atoms with Gasteiger partial charge in [0.2, 0.25) is 0 Å². The average Bonchev–Trinajstić information content (AvgIpc) is 2.26. The lowest BCUT2D eigenvalue weighted by Crippen LogP contribution is -2.00. The van der Waals surface area contributed by atoms with E-state index in [2.05, 4.69) is 29.4 Å². The summed E-state index contributed by atoms with van der Waals surface area (Å²) in [7, 11) is 0. The zero-order chi connectivity index (χ0) is 11.3. The number of rotatable bonds is 5. The molecule has 0 aliphatic heterocycles. The van der Waals surface area contributed by atoms with Gasteiger partial charge in [-0.15, -0.1) is 0 Å². The van der Waals surface area contributed by atoms with E-state index < -0.39 is 0 Å². The topological polar surface area (TPSA) is 29.5 Å². The third-order valence-electron chi connectivity index (χ3n) is 2.11. The van der Waals surface area contributed by atoms with E-state index in [-0.39, 0.29) is 6.61 Å². The van der Waals surface area contributed by atoms with Crippen molar-refractivity contribution in [2.75, 3.05) is 6.61 Å². The van der Waals surface area contributed by atoms with Crippen LogP contribution in [0.2, 0.25) is 0 Å². The van der Waals surface area contributed by atoms with Crippen LogP contribution in [0, 0.1) is 0 Å². The van der Waals surface area contributed by atoms with Gasteiger partial charge < -0.3 is 9.84 Å². The summed E-state index contributed by atoms with van der Waals surface area (Å²) in [6.07, 6.45) is 0.923. The lowest BCUT2D eigenvalue weighted by atomic mass is 10.2. The van der Waals surface area contributed by atoms with Crippen molar-refractivity contribution in [1.82, 2.24) is 0 Å². The van der Waals surface area contributed by atoms with E-state index in [0.717, 1.165) is 27.8 Å². The van der Waals surface area contributed by atoms with Crippen LogP contribution in [0.5, 0.6) is 5.75 Å². The summed E-state index contributed by atoms with van der Waals surface area (Å²) in [4.78, 5) is 0. The Labute approximate surface area is 98.7 Å². The maximum absolute atomic E-state index is 8.93. The van der Waals surface area contributed by atoms with Gasteiger partial charge in [-0.3, -0.25) is 0 Å². The van der Waals surface area contributed by atoms with E-state index in [4.69, 9.17) is 9.84 Å². The predicted octanol–water partition coefficient (Wildman–Crippen LogP) is 3.29. The lowest BCUT2D eigenvalue weighted by Gasteiger charge is -2.09. The molecule has 2 nitrogen and oxygen atoms in total. The first-order valence-electron chi connectivity index (χ1n) is 4.86. The highest BCUT2D eigenvalue weighted by atomic mass is 79.9. The largest absolute Gasteiger partial charge is 0.488 e. The molecule has 15 heavy (non-hydrogen) atoms. The van der Waals surface area contributed by atoms with E-state index in [1.807, 2.05) is 18.2 Å². The van der Waals surface area contributed by atoms with Crippen molar-refractivity contribution in [3.8, 4) is 5.75 Å². The number of ether oxygens (including phenoxy) is 1. The van der Waals surface area contributed by atoms with Gasteiger partial charge in [-0.25, -0.2) is 0 Å². The molecular weight excluding hydrogens is 256 g/mol. The van der Waals surface area contributed by atoms with Gasteiger partial charge in [0.25, 0.3) is 0 Å². The molecule has 82 valence electrons. The fourth-order valence-electron chi connectivity index (χ4n) is 1.04. The fraction of sp³-hybridized carbons (Fsp3) is 0.333. The van der Waals surface area contributed by atoms with Crippen LogP contribution in [0.25, 0.3) is 0 Å². The van der Waals surface area contributed by atoms with Crippen LogP contribution in [0.4, 0.5) is 0 Å². The molecular formula is C12H15BrO2. The monoisotopic (exact) mass is 270 g/mol. The Kier molecular flexibility index (Phi) is 4.85. The van der Waals surface area contributed by atoms with Gasteiger partial charge >= 0.3 is 0 Å². The van der Waals surface area contributed by atoms with E-state index >= 15 is 0 Å². The molecule has 0 fully saturated rings. The maximum Gasteiger partial charge on any atom is 0.133 e. The van der Waals surface area contributed by atoms with Crippen molar-refractivity contribution in [1.29, 1.82) is 0 Å². The van der Waals surface area contributed by atoms with Crippen LogP contribution in [-0.2, 0) is 6.61 Å². The van der Waals surface area contributed by atoms with Crippen molar-refractivity contribution < 1.29 is 9.84 Å². The summed E-state index contributed by atoms with van der Waals surface area (Å²) in [5, 5.41) is 8.93. The summed E-state index contributed by atoms with van der Waals surface area (Å²) >= 11 is 3.39. The first-order chi connectivity index (χ1) is 7.17. The molecule has 1 rings (SSSR count). The summed E-state index contributed by atoms with van der Waals surface area (Å²) in [5.74, 6) is 0.779. The van der Waals surface area contributed by atoms with Crippen LogP contribution in [0.3, 0.4) is 0 Å². The Bertz CT molecular complexity index is 347. The van der Waals surface area contributed by atoms with E-state index in [9.17, 15) is 0 Å². The van der Waals surface area contributed by atoms with E-state index in [1.165, 1.54) is 0 Å². The Morgan fingerprint density at radius 1 is 1.53 bits per heavy atom. The van der Waals surface area contributed by atoms with Crippen molar-refractivity contribution in [2.24, 2.45) is 0 Å². The molecule has 0 aromatic heterocycles. The molecule has 1 aromatic rings. The smallest absolute Gasteiger partial charge is 0.133 e. The van der Waals surface area contributed by atoms with Crippen LogP contribution < -0.4 is 4.74 Å². The summed E-state index contributed by atoms with van der Waals surface area (Å²) in [6.45, 7) is 6.50. The summed E-state index contributed by atoms with van der Waals surface area (Å²) in [5.41, 5.74) is 1.93. The number of aliphatic hydroxyl groups excluding tert-OH is 1. The number of hydrogen-bond donors (Lipinski definition) is 1. The van der Waals surface area contributed by atoms with Gasteiger partial charge in [0.1, 0.15) is 12.4 Å². The third-order valence-corrected chi connectivity index (χ3v) is 2.73. The summed E-state index contributed by atoms with van der Waals surface area (Å²) in [6, 6.07) is 5.54. The molecule has 0 atom stereocenters. The van der Waals surface area contributed by atoms with Gasteiger partial charge in [0.05, 0.1) is 11.1 Å². The Hall–Kier alpha value is -0.800. The molecule has 0 saturated carbocycles. The number of hydrogen-bond acceptors (Lipinski definition) is 2. The third kappa shape index (κ3) is 3.68. The second kappa shape index (κ2) is 5.93. The standard InChI is InChI=1S/C12H15BrO2/c1-3-9(2)8-15-12-5-4-10(7-14)6-11(12)13/h4-6,14H,2-3,7-8H2,1H3. The van der Waals surface area contributed by atoms with E-state index in [1.54, 1.807) is 0 Å². The minimum Gasteiger partial charge on any atom is -0.488 e. The number of aliphatic hydroxyl groups is 1. The number of benzene rings is 1. The Morgan fingerprint density at radius 2 is 2.27 bits per heavy atom. The van der Waals surface area contributed by atoms with E-state index in [0.29, 0.717) is 6.61 Å². The molecule has 0 heterocycles. The zero-order valence-electron chi connectivity index (χ0n) is 8.79. The molecule has 0 amide bonds. The second-order valence-electron chi connectivity index (χ2n) is 3.32. The molecule has 0 aliphatic carbocycles. The first kappa shape index (κ1) is 12.3. The highest BCUT2D eigenvalue weighted by Gasteiger charge is 2.02. The predicted molar refractivity (Wildman–Crippen MR) is 65.0 cm³/mol. The minimum atomic E-state index is 0.0422. The van der Waals surface area contributed by atoms with Gasteiger partial charge in [-0.1, -0.05) is 19.6 Å². The molecule has 0 bridgehead atoms. The second-order valence-corrected chi connectivity index (χ2v) is 4.17. The fourth-order valence-corrected chi connectivity index (χ4v) is 1.58. The first-order valence-corrected chi connectivity index (χ1v) is 5.65. The van der Waals surface area contributed by atoms with Crippen LogP contribution in [-0.4, -0.2) is 11.7 Å². The quantitative estimate of drug-likeness (QED) is 0.833. The Morgan fingerprint density at radius 3 is 2.80 bits per heavy atom. The maximum atomic E-state index is 8.93.